The standard InChI is InChI=1S/C38H42N2O4/c1-24(20-27-13-14-33(41)30-11-7-6-10-29(27)30)12-15-34-35-25(2)21-31-36(32(35)23-44-34)38(43)40(37(31)42)28-16-18-39(19-17-28)22-26-8-4-3-5-9-26/h3-11,13-14,20,28,31-32,34,36,41H,12,15-19,21-23H2,1-2H3/b24-20+/t31-,32+,34-,36-/m1/s1. The van der Waals surface area contributed by atoms with Gasteiger partial charge < -0.3 is 9.84 Å². The quantitative estimate of drug-likeness (QED) is 0.244. The van der Waals surface area contributed by atoms with E-state index >= 15 is 0 Å². The highest BCUT2D eigenvalue weighted by Crippen LogP contribution is 2.50. The highest BCUT2D eigenvalue weighted by atomic mass is 16.5. The third-order valence-electron chi connectivity index (χ3n) is 10.5. The molecule has 2 amide bonds. The molecule has 0 bridgehead atoms. The van der Waals surface area contributed by atoms with E-state index in [1.807, 2.05) is 36.4 Å². The monoisotopic (exact) mass is 590 g/mol. The topological polar surface area (TPSA) is 70.1 Å². The fourth-order valence-corrected chi connectivity index (χ4v) is 8.32. The molecular formula is C38H42N2O4. The van der Waals surface area contributed by atoms with Crippen LogP contribution in [0.2, 0.25) is 0 Å². The van der Waals surface area contributed by atoms with E-state index < -0.39 is 0 Å². The van der Waals surface area contributed by atoms with Gasteiger partial charge >= 0.3 is 0 Å². The van der Waals surface area contributed by atoms with Crippen LogP contribution in [0.25, 0.3) is 16.8 Å². The Balaban J connectivity index is 1.01. The molecule has 4 aliphatic rings. The van der Waals surface area contributed by atoms with E-state index in [1.54, 1.807) is 11.0 Å². The average Bonchev–Trinajstić information content (AvgIpc) is 3.57. The molecule has 6 heteroatoms. The van der Waals surface area contributed by atoms with E-state index in [0.29, 0.717) is 18.8 Å². The second-order valence-corrected chi connectivity index (χ2v) is 13.3. The van der Waals surface area contributed by atoms with Gasteiger partial charge in [-0.1, -0.05) is 77.9 Å². The largest absolute Gasteiger partial charge is 0.507 e. The molecule has 6 nitrogen and oxygen atoms in total. The number of aromatic hydroxyl groups is 1. The Bertz CT molecular complexity index is 1640. The minimum atomic E-state index is -0.284. The number of carbonyl (C=O) groups is 2. The Labute approximate surface area is 260 Å². The maximum atomic E-state index is 14.0. The summed E-state index contributed by atoms with van der Waals surface area (Å²) in [6, 6.07) is 22.2. The van der Waals surface area contributed by atoms with Crippen LogP contribution in [0.3, 0.4) is 0 Å². The molecule has 4 atom stereocenters. The molecule has 3 aromatic rings. The normalized spacial score (nSPS) is 26.5. The van der Waals surface area contributed by atoms with E-state index in [4.69, 9.17) is 4.74 Å². The van der Waals surface area contributed by atoms with E-state index in [-0.39, 0.29) is 41.7 Å². The maximum Gasteiger partial charge on any atom is 0.234 e. The molecule has 0 spiro atoms. The minimum Gasteiger partial charge on any atom is -0.507 e. The van der Waals surface area contributed by atoms with Crippen LogP contribution in [0.15, 0.2) is 83.4 Å². The Morgan fingerprint density at radius 3 is 2.43 bits per heavy atom. The van der Waals surface area contributed by atoms with Gasteiger partial charge in [-0.3, -0.25) is 19.4 Å². The van der Waals surface area contributed by atoms with Gasteiger partial charge in [-0.15, -0.1) is 0 Å². The maximum absolute atomic E-state index is 14.0. The number of likely N-dealkylation sites (tertiary alicyclic amines) is 2. The lowest BCUT2D eigenvalue weighted by atomic mass is 9.70. The summed E-state index contributed by atoms with van der Waals surface area (Å²) in [5.41, 5.74) is 6.16. The molecule has 3 fully saturated rings. The number of allylic oxidation sites excluding steroid dienone is 2. The number of ether oxygens (including phenoxy) is 1. The first-order valence-corrected chi connectivity index (χ1v) is 16.2. The number of amides is 2. The summed E-state index contributed by atoms with van der Waals surface area (Å²) < 4.78 is 6.39. The Morgan fingerprint density at radius 1 is 0.932 bits per heavy atom. The van der Waals surface area contributed by atoms with Gasteiger partial charge in [-0.25, -0.2) is 0 Å². The molecule has 0 aromatic heterocycles. The average molecular weight is 591 g/mol. The summed E-state index contributed by atoms with van der Waals surface area (Å²) in [5, 5.41) is 12.2. The van der Waals surface area contributed by atoms with Crippen LogP contribution >= 0.6 is 0 Å². The number of phenolic OH excluding ortho intramolecular Hbond substituents is 1. The summed E-state index contributed by atoms with van der Waals surface area (Å²) >= 11 is 0. The summed E-state index contributed by atoms with van der Waals surface area (Å²) in [7, 11) is 0. The van der Waals surface area contributed by atoms with Gasteiger partial charge in [0.05, 0.1) is 24.5 Å². The third kappa shape index (κ3) is 5.28. The van der Waals surface area contributed by atoms with Gasteiger partial charge in [0, 0.05) is 37.0 Å². The van der Waals surface area contributed by atoms with Gasteiger partial charge in [0.25, 0.3) is 0 Å². The van der Waals surface area contributed by atoms with Crippen molar-refractivity contribution in [2.24, 2.45) is 17.8 Å². The Kier molecular flexibility index (Phi) is 7.90. The number of benzene rings is 3. The molecule has 1 N–H and O–H groups in total. The SMILES string of the molecule is CC1=C2[C@@H](CC/C(C)=C/c3ccc(O)c4ccccc34)OC[C@@H]2[C@@H]2C(=O)N(C3CCN(Cc4ccccc4)CC3)C(=O)[C@@H]2C1. The van der Waals surface area contributed by atoms with Crippen molar-refractivity contribution in [3.05, 3.63) is 94.6 Å². The Hall–Kier alpha value is -3.74. The van der Waals surface area contributed by atoms with Crippen molar-refractivity contribution in [3.8, 4) is 5.75 Å². The molecule has 3 heterocycles. The molecule has 0 radical (unpaired) electrons. The molecule has 228 valence electrons. The first kappa shape index (κ1) is 29.0. The van der Waals surface area contributed by atoms with Crippen molar-refractivity contribution in [3.63, 3.8) is 0 Å². The molecule has 3 aromatic carbocycles. The molecule has 0 unspecified atom stereocenters. The van der Waals surface area contributed by atoms with Crippen molar-refractivity contribution in [1.82, 2.24) is 9.80 Å². The number of hydrogen-bond acceptors (Lipinski definition) is 5. The van der Waals surface area contributed by atoms with Gasteiger partial charge in [0.1, 0.15) is 5.75 Å². The van der Waals surface area contributed by atoms with Crippen molar-refractivity contribution in [1.29, 1.82) is 0 Å². The van der Waals surface area contributed by atoms with Crippen LogP contribution in [-0.4, -0.2) is 58.6 Å². The number of hydrogen-bond donors (Lipinski definition) is 1. The molecule has 3 saturated heterocycles. The van der Waals surface area contributed by atoms with Crippen LogP contribution in [0, 0.1) is 17.8 Å². The third-order valence-corrected chi connectivity index (χ3v) is 10.5. The fourth-order valence-electron chi connectivity index (χ4n) is 8.32. The van der Waals surface area contributed by atoms with Crippen molar-refractivity contribution in [2.45, 2.75) is 64.6 Å². The summed E-state index contributed by atoms with van der Waals surface area (Å²) in [6.45, 7) is 7.52. The van der Waals surface area contributed by atoms with E-state index in [0.717, 1.165) is 61.7 Å². The lowest BCUT2D eigenvalue weighted by Gasteiger charge is -2.36. The highest BCUT2D eigenvalue weighted by Gasteiger charge is 2.57. The number of phenols is 1. The van der Waals surface area contributed by atoms with Crippen molar-refractivity contribution >= 4 is 28.7 Å². The molecular weight excluding hydrogens is 548 g/mol. The second kappa shape index (κ2) is 12.0. The highest BCUT2D eigenvalue weighted by molar-refractivity contribution is 6.06. The van der Waals surface area contributed by atoms with Gasteiger partial charge in [0.15, 0.2) is 0 Å². The van der Waals surface area contributed by atoms with Crippen LogP contribution in [0.4, 0.5) is 0 Å². The molecule has 0 saturated carbocycles. The van der Waals surface area contributed by atoms with Crippen LogP contribution in [-0.2, 0) is 20.9 Å². The number of imide groups is 1. The van der Waals surface area contributed by atoms with Crippen molar-refractivity contribution < 1.29 is 19.4 Å². The predicted molar refractivity (Wildman–Crippen MR) is 173 cm³/mol. The fraction of sp³-hybridized carbons (Fsp3) is 0.421. The van der Waals surface area contributed by atoms with Gasteiger partial charge in [0.2, 0.25) is 11.8 Å². The predicted octanol–water partition coefficient (Wildman–Crippen LogP) is 6.73. The second-order valence-electron chi connectivity index (χ2n) is 13.3. The number of piperidine rings is 1. The smallest absolute Gasteiger partial charge is 0.234 e. The molecule has 7 rings (SSSR count). The van der Waals surface area contributed by atoms with Crippen LogP contribution < -0.4 is 0 Å². The zero-order valence-electron chi connectivity index (χ0n) is 25.7. The van der Waals surface area contributed by atoms with Crippen molar-refractivity contribution in [2.75, 3.05) is 19.7 Å². The summed E-state index contributed by atoms with van der Waals surface area (Å²) in [6.07, 6.45) is 6.26. The van der Waals surface area contributed by atoms with Gasteiger partial charge in [-0.2, -0.15) is 0 Å². The van der Waals surface area contributed by atoms with Crippen LogP contribution in [0.5, 0.6) is 5.75 Å². The zero-order valence-corrected chi connectivity index (χ0v) is 25.7. The minimum absolute atomic E-state index is 0.00161. The van der Waals surface area contributed by atoms with Gasteiger partial charge in [-0.05, 0) is 74.1 Å². The zero-order chi connectivity index (χ0) is 30.4. The Morgan fingerprint density at radius 2 is 1.66 bits per heavy atom. The first-order valence-electron chi connectivity index (χ1n) is 16.2. The first-order chi connectivity index (χ1) is 21.4. The molecule has 3 aliphatic heterocycles. The number of fused-ring (bicyclic) bond motifs is 4. The van der Waals surface area contributed by atoms with E-state index in [9.17, 15) is 14.7 Å². The molecule has 44 heavy (non-hydrogen) atoms. The lowest BCUT2D eigenvalue weighted by Crippen LogP contribution is -2.47. The lowest BCUT2D eigenvalue weighted by molar-refractivity contribution is -0.144. The number of carbonyl (C=O) groups excluding carboxylic acids is 2. The molecule has 1 aliphatic carbocycles. The summed E-state index contributed by atoms with van der Waals surface area (Å²) in [5.74, 6) is -0.146. The van der Waals surface area contributed by atoms with E-state index in [1.165, 1.54) is 22.3 Å². The van der Waals surface area contributed by atoms with Crippen LogP contribution in [0.1, 0.15) is 57.1 Å². The number of nitrogens with zero attached hydrogens (tertiary/aromatic N) is 2. The summed E-state index contributed by atoms with van der Waals surface area (Å²) in [4.78, 5) is 31.8. The van der Waals surface area contributed by atoms with E-state index in [2.05, 4.69) is 49.1 Å². The number of rotatable bonds is 7.